The van der Waals surface area contributed by atoms with Crippen molar-refractivity contribution in [2.45, 2.75) is 32.1 Å². The fourth-order valence-corrected chi connectivity index (χ4v) is 4.85. The number of piperidine rings is 1. The first kappa shape index (κ1) is 19.6. The van der Waals surface area contributed by atoms with Crippen LogP contribution in [0, 0.1) is 5.92 Å². The van der Waals surface area contributed by atoms with Crippen LogP contribution in [0.3, 0.4) is 0 Å². The van der Waals surface area contributed by atoms with Crippen LogP contribution in [0.1, 0.15) is 31.2 Å². The quantitative estimate of drug-likeness (QED) is 0.592. The van der Waals surface area contributed by atoms with E-state index in [0.717, 1.165) is 48.5 Å². The molecule has 2 saturated heterocycles. The Labute approximate surface area is 173 Å². The molecule has 28 heavy (non-hydrogen) atoms. The van der Waals surface area contributed by atoms with Crippen LogP contribution in [-0.2, 0) is 6.42 Å². The minimum atomic E-state index is 0.771. The number of fused-ring (bicyclic) bond motifs is 1. The average molecular weight is 402 g/mol. The molecule has 2 N–H and O–H groups in total. The summed E-state index contributed by atoms with van der Waals surface area (Å²) in [6, 6.07) is 6.02. The summed E-state index contributed by atoms with van der Waals surface area (Å²) in [5.74, 6) is 1.81. The van der Waals surface area contributed by atoms with Gasteiger partial charge in [0.05, 0.1) is 0 Å². The number of rotatable bonds is 5. The van der Waals surface area contributed by atoms with Crippen LogP contribution in [0.2, 0.25) is 5.02 Å². The SMILES string of the molecule is CN=C(NCCc1c[nH]c2ccc(Cl)cc12)N1CCC(CN2CCCCC2)C1. The molecule has 5 nitrogen and oxygen atoms in total. The van der Waals surface area contributed by atoms with Gasteiger partial charge in [0, 0.05) is 55.3 Å². The largest absolute Gasteiger partial charge is 0.361 e. The molecule has 1 aromatic carbocycles. The van der Waals surface area contributed by atoms with E-state index in [1.807, 2.05) is 25.2 Å². The molecule has 1 aromatic heterocycles. The molecule has 1 atom stereocenters. The summed E-state index contributed by atoms with van der Waals surface area (Å²) in [6.07, 6.45) is 8.47. The van der Waals surface area contributed by atoms with Crippen molar-refractivity contribution in [1.82, 2.24) is 20.1 Å². The zero-order valence-corrected chi connectivity index (χ0v) is 17.6. The average Bonchev–Trinajstić information content (AvgIpc) is 3.33. The molecule has 0 radical (unpaired) electrons. The first-order chi connectivity index (χ1) is 13.7. The molecule has 1 unspecified atom stereocenters. The lowest BCUT2D eigenvalue weighted by atomic mass is 10.1. The van der Waals surface area contributed by atoms with Gasteiger partial charge >= 0.3 is 0 Å². The van der Waals surface area contributed by atoms with Gasteiger partial charge in [-0.15, -0.1) is 0 Å². The Hall–Kier alpha value is -1.72. The minimum absolute atomic E-state index is 0.771. The lowest BCUT2D eigenvalue weighted by molar-refractivity contribution is 0.198. The normalized spacial score (nSPS) is 21.6. The summed E-state index contributed by atoms with van der Waals surface area (Å²) in [5.41, 5.74) is 2.44. The number of benzene rings is 1. The number of guanidine groups is 1. The molecular formula is C22H32ClN5. The zero-order valence-electron chi connectivity index (χ0n) is 16.9. The van der Waals surface area contributed by atoms with E-state index < -0.39 is 0 Å². The predicted molar refractivity (Wildman–Crippen MR) is 118 cm³/mol. The highest BCUT2D eigenvalue weighted by atomic mass is 35.5. The molecule has 0 saturated carbocycles. The van der Waals surface area contributed by atoms with Gasteiger partial charge in [-0.25, -0.2) is 0 Å². The van der Waals surface area contributed by atoms with E-state index >= 15 is 0 Å². The molecule has 152 valence electrons. The van der Waals surface area contributed by atoms with Crippen LogP contribution in [-0.4, -0.2) is 67.1 Å². The number of nitrogens with one attached hydrogen (secondary N) is 2. The summed E-state index contributed by atoms with van der Waals surface area (Å²) in [7, 11) is 1.89. The third-order valence-corrected chi connectivity index (χ3v) is 6.40. The van der Waals surface area contributed by atoms with E-state index in [1.165, 1.54) is 56.3 Å². The van der Waals surface area contributed by atoms with Gasteiger partial charge < -0.3 is 20.1 Å². The van der Waals surface area contributed by atoms with Crippen LogP contribution >= 0.6 is 11.6 Å². The molecule has 0 spiro atoms. The van der Waals surface area contributed by atoms with Gasteiger partial charge in [-0.05, 0) is 68.5 Å². The Morgan fingerprint density at radius 1 is 1.25 bits per heavy atom. The monoisotopic (exact) mass is 401 g/mol. The van der Waals surface area contributed by atoms with Gasteiger partial charge in [0.1, 0.15) is 0 Å². The van der Waals surface area contributed by atoms with Crippen molar-refractivity contribution >= 4 is 28.5 Å². The second-order valence-electron chi connectivity index (χ2n) is 8.19. The number of aliphatic imine (C=N–C) groups is 1. The van der Waals surface area contributed by atoms with E-state index in [4.69, 9.17) is 11.6 Å². The van der Waals surface area contributed by atoms with Crippen molar-refractivity contribution in [3.05, 3.63) is 35.0 Å². The van der Waals surface area contributed by atoms with Crippen molar-refractivity contribution in [1.29, 1.82) is 0 Å². The standard InChI is InChI=1S/C22H32ClN5/c1-24-22(28-12-8-17(16-28)15-27-10-3-2-4-11-27)25-9-7-18-14-26-21-6-5-19(23)13-20(18)21/h5-6,13-14,17,26H,2-4,7-12,15-16H2,1H3,(H,24,25). The first-order valence-corrected chi connectivity index (χ1v) is 11.0. The lowest BCUT2D eigenvalue weighted by Crippen LogP contribution is -2.41. The highest BCUT2D eigenvalue weighted by Gasteiger charge is 2.26. The molecular weight excluding hydrogens is 370 g/mol. The van der Waals surface area contributed by atoms with Crippen LogP contribution in [0.5, 0.6) is 0 Å². The van der Waals surface area contributed by atoms with Crippen LogP contribution < -0.4 is 5.32 Å². The minimum Gasteiger partial charge on any atom is -0.361 e. The molecule has 4 rings (SSSR count). The molecule has 2 fully saturated rings. The van der Waals surface area contributed by atoms with Crippen LogP contribution in [0.15, 0.2) is 29.4 Å². The summed E-state index contributed by atoms with van der Waals surface area (Å²) in [4.78, 5) is 13.0. The number of H-pyrrole nitrogens is 1. The Morgan fingerprint density at radius 3 is 2.93 bits per heavy atom. The molecule has 0 aliphatic carbocycles. The summed E-state index contributed by atoms with van der Waals surface area (Å²) < 4.78 is 0. The fraction of sp³-hybridized carbons (Fsp3) is 0.591. The van der Waals surface area contributed by atoms with E-state index in [9.17, 15) is 0 Å². The van der Waals surface area contributed by atoms with Gasteiger partial charge in [-0.2, -0.15) is 0 Å². The molecule has 3 heterocycles. The highest BCUT2D eigenvalue weighted by Crippen LogP contribution is 2.23. The van der Waals surface area contributed by atoms with Gasteiger partial charge in [0.25, 0.3) is 0 Å². The van der Waals surface area contributed by atoms with Crippen molar-refractivity contribution in [2.75, 3.05) is 46.3 Å². The van der Waals surface area contributed by atoms with E-state index in [2.05, 4.69) is 31.3 Å². The molecule has 2 aromatic rings. The first-order valence-electron chi connectivity index (χ1n) is 10.7. The number of hydrogen-bond donors (Lipinski definition) is 2. The van der Waals surface area contributed by atoms with Gasteiger partial charge in [-0.3, -0.25) is 4.99 Å². The van der Waals surface area contributed by atoms with E-state index in [0.29, 0.717) is 0 Å². The molecule has 2 aliphatic rings. The maximum atomic E-state index is 6.17. The molecule has 2 aliphatic heterocycles. The van der Waals surface area contributed by atoms with Gasteiger partial charge in [-0.1, -0.05) is 18.0 Å². The van der Waals surface area contributed by atoms with Gasteiger partial charge in [0.15, 0.2) is 5.96 Å². The lowest BCUT2D eigenvalue weighted by Gasteiger charge is -2.29. The fourth-order valence-electron chi connectivity index (χ4n) is 4.68. The number of hydrogen-bond acceptors (Lipinski definition) is 2. The van der Waals surface area contributed by atoms with Crippen molar-refractivity contribution in [3.63, 3.8) is 0 Å². The second kappa shape index (κ2) is 9.19. The van der Waals surface area contributed by atoms with Crippen molar-refractivity contribution in [2.24, 2.45) is 10.9 Å². The summed E-state index contributed by atoms with van der Waals surface area (Å²) >= 11 is 6.17. The van der Waals surface area contributed by atoms with Gasteiger partial charge in [0.2, 0.25) is 0 Å². The maximum absolute atomic E-state index is 6.17. The molecule has 0 bridgehead atoms. The topological polar surface area (TPSA) is 46.7 Å². The van der Waals surface area contributed by atoms with Crippen molar-refractivity contribution < 1.29 is 0 Å². The smallest absolute Gasteiger partial charge is 0.193 e. The summed E-state index contributed by atoms with van der Waals surface area (Å²) in [6.45, 7) is 6.94. The number of halogens is 1. The Bertz CT molecular complexity index is 808. The Kier molecular flexibility index (Phi) is 6.43. The molecule has 0 amide bonds. The molecule has 6 heteroatoms. The maximum Gasteiger partial charge on any atom is 0.193 e. The number of nitrogens with zero attached hydrogens (tertiary/aromatic N) is 3. The van der Waals surface area contributed by atoms with Crippen LogP contribution in [0.25, 0.3) is 10.9 Å². The predicted octanol–water partition coefficient (Wildman–Crippen LogP) is 3.75. The zero-order chi connectivity index (χ0) is 19.3. The third kappa shape index (κ3) is 4.64. The Balaban J connectivity index is 1.27. The summed E-state index contributed by atoms with van der Waals surface area (Å²) in [5, 5.41) is 5.57. The second-order valence-corrected chi connectivity index (χ2v) is 8.63. The number of likely N-dealkylation sites (tertiary alicyclic amines) is 2. The van der Waals surface area contributed by atoms with Crippen LogP contribution in [0.4, 0.5) is 0 Å². The van der Waals surface area contributed by atoms with Crippen molar-refractivity contribution in [3.8, 4) is 0 Å². The van der Waals surface area contributed by atoms with E-state index in [-0.39, 0.29) is 0 Å². The highest BCUT2D eigenvalue weighted by molar-refractivity contribution is 6.31. The number of aromatic amines is 1. The third-order valence-electron chi connectivity index (χ3n) is 6.17. The Morgan fingerprint density at radius 2 is 2.11 bits per heavy atom. The van der Waals surface area contributed by atoms with E-state index in [1.54, 1.807) is 0 Å². The number of aromatic nitrogens is 1.